The van der Waals surface area contributed by atoms with E-state index >= 15 is 0 Å². The van der Waals surface area contributed by atoms with Crippen molar-refractivity contribution in [1.29, 1.82) is 0 Å². The van der Waals surface area contributed by atoms with Crippen LogP contribution in [0, 0.1) is 0 Å². The molecule has 0 saturated carbocycles. The molecular formula is C14H20N4OS. The van der Waals surface area contributed by atoms with Gasteiger partial charge >= 0.3 is 0 Å². The number of rotatable bonds is 4. The maximum atomic E-state index is 5.99. The van der Waals surface area contributed by atoms with Gasteiger partial charge in [-0.2, -0.15) is 0 Å². The number of thiophene rings is 1. The molecule has 20 heavy (non-hydrogen) atoms. The Hall–Kier alpha value is -1.24. The van der Waals surface area contributed by atoms with Crippen molar-refractivity contribution in [1.82, 2.24) is 14.9 Å². The van der Waals surface area contributed by atoms with E-state index in [2.05, 4.69) is 14.9 Å². The van der Waals surface area contributed by atoms with Gasteiger partial charge in [0.05, 0.1) is 18.0 Å². The Morgan fingerprint density at radius 1 is 1.50 bits per heavy atom. The van der Waals surface area contributed by atoms with Gasteiger partial charge in [-0.1, -0.05) is 0 Å². The minimum atomic E-state index is 0.344. The third kappa shape index (κ3) is 2.92. The van der Waals surface area contributed by atoms with Crippen molar-refractivity contribution in [2.24, 2.45) is 0 Å². The van der Waals surface area contributed by atoms with Crippen LogP contribution in [0.2, 0.25) is 0 Å². The highest BCUT2D eigenvalue weighted by molar-refractivity contribution is 7.16. The number of likely N-dealkylation sites (tertiary alicyclic amines) is 1. The number of nitrogen functional groups attached to an aromatic ring is 1. The highest BCUT2D eigenvalue weighted by Crippen LogP contribution is 2.23. The molecule has 0 aromatic carbocycles. The first-order valence-electron chi connectivity index (χ1n) is 7.10. The molecule has 0 aliphatic carbocycles. The summed E-state index contributed by atoms with van der Waals surface area (Å²) in [5.41, 5.74) is 5.99. The number of hydrogen-bond donors (Lipinski definition) is 1. The Morgan fingerprint density at radius 2 is 2.40 bits per heavy atom. The fourth-order valence-electron chi connectivity index (χ4n) is 2.72. The van der Waals surface area contributed by atoms with Crippen LogP contribution in [0.3, 0.4) is 0 Å². The van der Waals surface area contributed by atoms with Gasteiger partial charge in [0.2, 0.25) is 0 Å². The zero-order valence-electron chi connectivity index (χ0n) is 11.7. The topological polar surface area (TPSA) is 64.3 Å². The third-order valence-electron chi connectivity index (χ3n) is 3.63. The molecule has 0 bridgehead atoms. The van der Waals surface area contributed by atoms with Gasteiger partial charge in [-0.3, -0.25) is 4.90 Å². The molecule has 0 radical (unpaired) electrons. The Bertz CT molecular complexity index is 584. The van der Waals surface area contributed by atoms with Crippen LogP contribution in [-0.2, 0) is 11.3 Å². The molecule has 3 heterocycles. The maximum Gasteiger partial charge on any atom is 0.146 e. The van der Waals surface area contributed by atoms with Crippen molar-refractivity contribution in [2.45, 2.75) is 32.4 Å². The molecule has 3 rings (SSSR count). The lowest BCUT2D eigenvalue weighted by Gasteiger charge is -2.31. The van der Waals surface area contributed by atoms with Crippen LogP contribution < -0.4 is 5.73 Å². The van der Waals surface area contributed by atoms with Crippen LogP contribution in [0.5, 0.6) is 0 Å². The van der Waals surface area contributed by atoms with Crippen molar-refractivity contribution in [3.63, 3.8) is 0 Å². The van der Waals surface area contributed by atoms with E-state index in [0.717, 1.165) is 48.7 Å². The summed E-state index contributed by atoms with van der Waals surface area (Å²) in [6.07, 6.45) is 2.66. The fourth-order valence-corrected chi connectivity index (χ4v) is 3.51. The standard InChI is InChI=1S/C14H20N4OS/c1-2-19-10-4-3-6-18(8-10)9-12-16-13(15)11-5-7-20-14(11)17-12/h5,7,10H,2-4,6,8-9H2,1H3,(H2,15,16,17). The van der Waals surface area contributed by atoms with E-state index in [0.29, 0.717) is 11.9 Å². The quantitative estimate of drug-likeness (QED) is 0.936. The summed E-state index contributed by atoms with van der Waals surface area (Å²) >= 11 is 1.61. The number of nitrogens with zero attached hydrogens (tertiary/aromatic N) is 3. The van der Waals surface area contributed by atoms with Gasteiger partial charge < -0.3 is 10.5 Å². The lowest BCUT2D eigenvalue weighted by Crippen LogP contribution is -2.39. The molecule has 1 atom stereocenters. The molecule has 2 N–H and O–H groups in total. The molecule has 1 aliphatic heterocycles. The summed E-state index contributed by atoms with van der Waals surface area (Å²) in [6.45, 7) is 5.62. The summed E-state index contributed by atoms with van der Waals surface area (Å²) in [4.78, 5) is 12.4. The SMILES string of the molecule is CCOC1CCCN(Cc2nc(N)c3ccsc3n2)C1. The molecule has 108 valence electrons. The molecular weight excluding hydrogens is 272 g/mol. The summed E-state index contributed by atoms with van der Waals surface area (Å²) < 4.78 is 5.73. The van der Waals surface area contributed by atoms with Crippen LogP contribution in [0.4, 0.5) is 5.82 Å². The Morgan fingerprint density at radius 3 is 3.25 bits per heavy atom. The van der Waals surface area contributed by atoms with Crippen LogP contribution >= 0.6 is 11.3 Å². The van der Waals surface area contributed by atoms with E-state index < -0.39 is 0 Å². The second kappa shape index (κ2) is 6.03. The second-order valence-corrected chi connectivity index (χ2v) is 6.01. The van der Waals surface area contributed by atoms with Crippen molar-refractivity contribution < 1.29 is 4.74 Å². The molecule has 2 aromatic rings. The number of fused-ring (bicyclic) bond motifs is 1. The van der Waals surface area contributed by atoms with Crippen molar-refractivity contribution in [3.8, 4) is 0 Å². The number of anilines is 1. The van der Waals surface area contributed by atoms with Crippen molar-refractivity contribution >= 4 is 27.4 Å². The predicted molar refractivity (Wildman–Crippen MR) is 81.8 cm³/mol. The smallest absolute Gasteiger partial charge is 0.146 e. The number of aromatic nitrogens is 2. The summed E-state index contributed by atoms with van der Waals surface area (Å²) in [6, 6.07) is 1.98. The zero-order chi connectivity index (χ0) is 13.9. The largest absolute Gasteiger partial charge is 0.383 e. The zero-order valence-corrected chi connectivity index (χ0v) is 12.5. The normalized spacial score (nSPS) is 20.6. The van der Waals surface area contributed by atoms with E-state index in [1.165, 1.54) is 6.42 Å². The highest BCUT2D eigenvalue weighted by atomic mass is 32.1. The fraction of sp³-hybridized carbons (Fsp3) is 0.571. The van der Waals surface area contributed by atoms with Gasteiger partial charge in [0.1, 0.15) is 16.5 Å². The van der Waals surface area contributed by atoms with Crippen LogP contribution in [0.25, 0.3) is 10.2 Å². The summed E-state index contributed by atoms with van der Waals surface area (Å²) in [5.74, 6) is 1.40. The van der Waals surface area contributed by atoms with Gasteiger partial charge in [0.15, 0.2) is 0 Å². The van der Waals surface area contributed by atoms with Crippen LogP contribution in [-0.4, -0.2) is 40.7 Å². The molecule has 1 saturated heterocycles. The monoisotopic (exact) mass is 292 g/mol. The first kappa shape index (κ1) is 13.7. The molecule has 6 heteroatoms. The number of piperidine rings is 1. The second-order valence-electron chi connectivity index (χ2n) is 5.12. The Balaban J connectivity index is 1.72. The lowest BCUT2D eigenvalue weighted by molar-refractivity contribution is 0.00301. The minimum Gasteiger partial charge on any atom is -0.383 e. The van der Waals surface area contributed by atoms with Gasteiger partial charge in [-0.25, -0.2) is 9.97 Å². The Kier molecular flexibility index (Phi) is 4.14. The first-order chi connectivity index (χ1) is 9.76. The molecule has 1 aliphatic rings. The minimum absolute atomic E-state index is 0.344. The van der Waals surface area contributed by atoms with Crippen LogP contribution in [0.1, 0.15) is 25.6 Å². The molecule has 1 unspecified atom stereocenters. The van der Waals surface area contributed by atoms with Gasteiger partial charge in [-0.05, 0) is 37.8 Å². The van der Waals surface area contributed by atoms with E-state index in [9.17, 15) is 0 Å². The van der Waals surface area contributed by atoms with E-state index in [-0.39, 0.29) is 0 Å². The van der Waals surface area contributed by atoms with Crippen molar-refractivity contribution in [2.75, 3.05) is 25.4 Å². The van der Waals surface area contributed by atoms with Gasteiger partial charge in [0, 0.05) is 13.2 Å². The summed E-state index contributed by atoms with van der Waals surface area (Å²) in [7, 11) is 0. The van der Waals surface area contributed by atoms with Crippen LogP contribution in [0.15, 0.2) is 11.4 Å². The maximum absolute atomic E-state index is 5.99. The van der Waals surface area contributed by atoms with Gasteiger partial charge in [0.25, 0.3) is 0 Å². The van der Waals surface area contributed by atoms with Gasteiger partial charge in [-0.15, -0.1) is 11.3 Å². The van der Waals surface area contributed by atoms with E-state index in [4.69, 9.17) is 10.5 Å². The molecule has 0 amide bonds. The van der Waals surface area contributed by atoms with E-state index in [1.807, 2.05) is 18.4 Å². The average Bonchev–Trinajstić information content (AvgIpc) is 2.88. The van der Waals surface area contributed by atoms with E-state index in [1.54, 1.807) is 11.3 Å². The number of nitrogens with two attached hydrogens (primary N) is 1. The molecule has 1 fully saturated rings. The molecule has 5 nitrogen and oxygen atoms in total. The summed E-state index contributed by atoms with van der Waals surface area (Å²) in [5, 5.41) is 2.97. The average molecular weight is 292 g/mol. The molecule has 2 aromatic heterocycles. The lowest BCUT2D eigenvalue weighted by atomic mass is 10.1. The number of hydrogen-bond acceptors (Lipinski definition) is 6. The third-order valence-corrected chi connectivity index (χ3v) is 4.44. The number of ether oxygens (including phenoxy) is 1. The predicted octanol–water partition coefficient (Wildman–Crippen LogP) is 2.27. The molecule has 0 spiro atoms. The highest BCUT2D eigenvalue weighted by Gasteiger charge is 2.21. The Labute approximate surface area is 122 Å². The van der Waals surface area contributed by atoms with Crippen molar-refractivity contribution in [3.05, 3.63) is 17.3 Å². The first-order valence-corrected chi connectivity index (χ1v) is 7.97.